The Morgan fingerprint density at radius 1 is 1.60 bits per heavy atom. The molecule has 1 saturated carbocycles. The fourth-order valence-corrected chi connectivity index (χ4v) is 2.66. The molecule has 1 unspecified atom stereocenters. The third-order valence-electron chi connectivity index (χ3n) is 4.00. The van der Waals surface area contributed by atoms with Crippen molar-refractivity contribution >= 4 is 11.6 Å². The molecule has 0 aromatic carbocycles. The van der Waals surface area contributed by atoms with Crippen LogP contribution in [0.1, 0.15) is 42.7 Å². The summed E-state index contributed by atoms with van der Waals surface area (Å²) < 4.78 is 1.75. The minimum Gasteiger partial charge on any atom is -0.344 e. The molecule has 1 amide bonds. The molecular formula is C13H18N4O3. The highest BCUT2D eigenvalue weighted by molar-refractivity contribution is 5.94. The van der Waals surface area contributed by atoms with Crippen LogP contribution in [0.25, 0.3) is 0 Å². The van der Waals surface area contributed by atoms with Crippen LogP contribution in [0, 0.1) is 10.1 Å². The van der Waals surface area contributed by atoms with Gasteiger partial charge >= 0.3 is 0 Å². The monoisotopic (exact) mass is 278 g/mol. The number of nitrogens with zero attached hydrogens (tertiary/aromatic N) is 2. The molecule has 1 saturated heterocycles. The van der Waals surface area contributed by atoms with E-state index < -0.39 is 4.92 Å². The fraction of sp³-hybridized carbons (Fsp3) is 0.615. The lowest BCUT2D eigenvalue weighted by Crippen LogP contribution is -2.47. The van der Waals surface area contributed by atoms with Gasteiger partial charge in [-0.3, -0.25) is 14.9 Å². The van der Waals surface area contributed by atoms with E-state index in [4.69, 9.17) is 0 Å². The second kappa shape index (κ2) is 4.59. The normalized spacial score (nSPS) is 25.6. The van der Waals surface area contributed by atoms with E-state index in [0.29, 0.717) is 5.69 Å². The number of aromatic nitrogens is 1. The van der Waals surface area contributed by atoms with Crippen LogP contribution in [-0.2, 0) is 0 Å². The van der Waals surface area contributed by atoms with Crippen LogP contribution in [-0.4, -0.2) is 34.0 Å². The van der Waals surface area contributed by atoms with Crippen LogP contribution < -0.4 is 10.6 Å². The average molecular weight is 278 g/mol. The number of nitro groups is 1. The van der Waals surface area contributed by atoms with Crippen molar-refractivity contribution in [1.82, 2.24) is 15.2 Å². The fourth-order valence-electron chi connectivity index (χ4n) is 2.66. The van der Waals surface area contributed by atoms with E-state index in [1.165, 1.54) is 12.3 Å². The van der Waals surface area contributed by atoms with E-state index in [-0.39, 0.29) is 23.2 Å². The first-order valence-corrected chi connectivity index (χ1v) is 6.88. The van der Waals surface area contributed by atoms with Crippen molar-refractivity contribution in [3.05, 3.63) is 28.1 Å². The smallest absolute Gasteiger partial charge is 0.287 e. The van der Waals surface area contributed by atoms with Crippen molar-refractivity contribution in [3.8, 4) is 0 Å². The molecule has 3 rings (SSSR count). The van der Waals surface area contributed by atoms with Gasteiger partial charge in [0.05, 0.1) is 16.7 Å². The molecule has 0 bridgehead atoms. The summed E-state index contributed by atoms with van der Waals surface area (Å²) in [5, 5.41) is 17.1. The maximum Gasteiger partial charge on any atom is 0.287 e. The van der Waals surface area contributed by atoms with Crippen LogP contribution in [0.15, 0.2) is 12.3 Å². The quantitative estimate of drug-likeness (QED) is 0.640. The zero-order valence-corrected chi connectivity index (χ0v) is 11.4. The van der Waals surface area contributed by atoms with E-state index >= 15 is 0 Å². The van der Waals surface area contributed by atoms with E-state index in [1.54, 1.807) is 4.57 Å². The summed E-state index contributed by atoms with van der Waals surface area (Å²) in [4.78, 5) is 22.9. The first-order valence-electron chi connectivity index (χ1n) is 6.88. The van der Waals surface area contributed by atoms with Crippen molar-refractivity contribution in [1.29, 1.82) is 0 Å². The highest BCUT2D eigenvalue weighted by atomic mass is 16.6. The minimum absolute atomic E-state index is 0.0169. The molecular weight excluding hydrogens is 260 g/mol. The number of carbonyl (C=O) groups is 1. The molecule has 1 aromatic rings. The Morgan fingerprint density at radius 2 is 2.35 bits per heavy atom. The van der Waals surface area contributed by atoms with Crippen LogP contribution in [0.3, 0.4) is 0 Å². The van der Waals surface area contributed by atoms with Crippen molar-refractivity contribution in [2.45, 2.75) is 37.8 Å². The molecule has 0 radical (unpaired) electrons. The summed E-state index contributed by atoms with van der Waals surface area (Å²) in [6.45, 7) is 3.59. The standard InChI is InChI=1S/C13H18N4O3/c1-13(4-5-14-8-13)15-12(18)11-6-10(17(19)20)7-16(11)9-2-3-9/h6-7,9,14H,2-5,8H2,1H3,(H,15,18). The summed E-state index contributed by atoms with van der Waals surface area (Å²) in [6, 6.07) is 1.61. The Labute approximate surface area is 116 Å². The van der Waals surface area contributed by atoms with Gasteiger partial charge in [-0.1, -0.05) is 0 Å². The highest BCUT2D eigenvalue weighted by Gasteiger charge is 2.34. The van der Waals surface area contributed by atoms with Gasteiger partial charge in [-0.05, 0) is 32.7 Å². The number of rotatable bonds is 4. The number of hydrogen-bond donors (Lipinski definition) is 2. The molecule has 2 fully saturated rings. The molecule has 1 aliphatic heterocycles. The number of nitrogens with one attached hydrogen (secondary N) is 2. The van der Waals surface area contributed by atoms with Crippen molar-refractivity contribution < 1.29 is 9.72 Å². The first-order chi connectivity index (χ1) is 9.48. The van der Waals surface area contributed by atoms with Gasteiger partial charge in [0, 0.05) is 18.7 Å². The highest BCUT2D eigenvalue weighted by Crippen LogP contribution is 2.38. The predicted molar refractivity (Wildman–Crippen MR) is 72.7 cm³/mol. The number of amides is 1. The molecule has 2 heterocycles. The van der Waals surface area contributed by atoms with Gasteiger partial charge in [0.2, 0.25) is 0 Å². The van der Waals surface area contributed by atoms with Gasteiger partial charge in [0.1, 0.15) is 5.69 Å². The maximum absolute atomic E-state index is 12.4. The minimum atomic E-state index is -0.450. The van der Waals surface area contributed by atoms with E-state index in [1.807, 2.05) is 6.92 Å². The van der Waals surface area contributed by atoms with Gasteiger partial charge < -0.3 is 15.2 Å². The van der Waals surface area contributed by atoms with E-state index in [2.05, 4.69) is 10.6 Å². The van der Waals surface area contributed by atoms with E-state index in [9.17, 15) is 14.9 Å². The number of hydrogen-bond acceptors (Lipinski definition) is 4. The van der Waals surface area contributed by atoms with Crippen molar-refractivity contribution in [2.24, 2.45) is 0 Å². The second-order valence-electron chi connectivity index (χ2n) is 5.92. The maximum atomic E-state index is 12.4. The Kier molecular flexibility index (Phi) is 3.01. The zero-order chi connectivity index (χ0) is 14.3. The molecule has 1 aliphatic carbocycles. The van der Waals surface area contributed by atoms with Crippen LogP contribution in [0.2, 0.25) is 0 Å². The van der Waals surface area contributed by atoms with Crippen LogP contribution >= 0.6 is 0 Å². The topological polar surface area (TPSA) is 89.2 Å². The SMILES string of the molecule is CC1(NC(=O)c2cc([N+](=O)[O-])cn2C2CC2)CCNC1. The van der Waals surface area contributed by atoms with Gasteiger partial charge in [0.25, 0.3) is 11.6 Å². The third kappa shape index (κ3) is 2.40. The summed E-state index contributed by atoms with van der Waals surface area (Å²) in [5.41, 5.74) is 0.105. The first kappa shape index (κ1) is 13.1. The molecule has 7 nitrogen and oxygen atoms in total. The molecule has 0 spiro atoms. The lowest BCUT2D eigenvalue weighted by molar-refractivity contribution is -0.384. The predicted octanol–water partition coefficient (Wildman–Crippen LogP) is 1.21. The Bertz CT molecular complexity index is 556. The molecule has 2 aliphatic rings. The van der Waals surface area contributed by atoms with Gasteiger partial charge in [-0.15, -0.1) is 0 Å². The van der Waals surface area contributed by atoms with Gasteiger partial charge in [0.15, 0.2) is 0 Å². The third-order valence-corrected chi connectivity index (χ3v) is 4.00. The number of carbonyl (C=O) groups excluding carboxylic acids is 1. The summed E-state index contributed by atoms with van der Waals surface area (Å²) >= 11 is 0. The Hall–Kier alpha value is -1.89. The zero-order valence-electron chi connectivity index (χ0n) is 11.4. The van der Waals surface area contributed by atoms with Crippen molar-refractivity contribution in [2.75, 3.05) is 13.1 Å². The lowest BCUT2D eigenvalue weighted by Gasteiger charge is -2.24. The summed E-state index contributed by atoms with van der Waals surface area (Å²) in [5.74, 6) is -0.226. The van der Waals surface area contributed by atoms with Crippen LogP contribution in [0.4, 0.5) is 5.69 Å². The van der Waals surface area contributed by atoms with Crippen molar-refractivity contribution in [3.63, 3.8) is 0 Å². The molecule has 1 aromatic heterocycles. The molecule has 7 heteroatoms. The van der Waals surface area contributed by atoms with Gasteiger partial charge in [-0.25, -0.2) is 0 Å². The summed E-state index contributed by atoms with van der Waals surface area (Å²) in [7, 11) is 0. The molecule has 108 valence electrons. The average Bonchev–Trinajstić information content (AvgIpc) is 2.97. The van der Waals surface area contributed by atoms with Crippen LogP contribution in [0.5, 0.6) is 0 Å². The molecule has 20 heavy (non-hydrogen) atoms. The summed E-state index contributed by atoms with van der Waals surface area (Å²) in [6.07, 6.45) is 4.29. The molecule has 2 N–H and O–H groups in total. The Morgan fingerprint density at radius 3 is 2.90 bits per heavy atom. The lowest BCUT2D eigenvalue weighted by atomic mass is 10.0. The van der Waals surface area contributed by atoms with Gasteiger partial charge in [-0.2, -0.15) is 0 Å². The second-order valence-corrected chi connectivity index (χ2v) is 5.92. The largest absolute Gasteiger partial charge is 0.344 e. The molecule has 1 atom stereocenters. The van der Waals surface area contributed by atoms with E-state index in [0.717, 1.165) is 32.4 Å². The Balaban J connectivity index is 1.84.